The lowest BCUT2D eigenvalue weighted by atomic mass is 10.0. The van der Waals surface area contributed by atoms with Crippen molar-refractivity contribution in [2.24, 2.45) is 0 Å². The van der Waals surface area contributed by atoms with E-state index in [1.54, 1.807) is 4.90 Å². The third kappa shape index (κ3) is 7.45. The van der Waals surface area contributed by atoms with Crippen molar-refractivity contribution in [2.75, 3.05) is 13.2 Å². The Bertz CT molecular complexity index is 1160. The molecule has 2 amide bonds. The zero-order valence-electron chi connectivity index (χ0n) is 22.1. The fourth-order valence-corrected chi connectivity index (χ4v) is 4.18. The summed E-state index contributed by atoms with van der Waals surface area (Å²) in [4.78, 5) is 28.7. The van der Waals surface area contributed by atoms with Gasteiger partial charge in [0, 0.05) is 19.5 Å². The highest BCUT2D eigenvalue weighted by Gasteiger charge is 2.30. The van der Waals surface area contributed by atoms with Crippen molar-refractivity contribution in [2.45, 2.75) is 60.0 Å². The quantitative estimate of drug-likeness (QED) is 0.391. The molecular weight excluding hydrogens is 448 g/mol. The Morgan fingerprint density at radius 3 is 2.25 bits per heavy atom. The molecule has 36 heavy (non-hydrogen) atoms. The lowest BCUT2D eigenvalue weighted by Crippen LogP contribution is -2.51. The Morgan fingerprint density at radius 2 is 1.58 bits per heavy atom. The van der Waals surface area contributed by atoms with Crippen LogP contribution in [-0.4, -0.2) is 35.9 Å². The van der Waals surface area contributed by atoms with Crippen LogP contribution in [0.1, 0.15) is 46.7 Å². The van der Waals surface area contributed by atoms with Gasteiger partial charge in [0.1, 0.15) is 11.8 Å². The second kappa shape index (κ2) is 12.9. The number of benzene rings is 3. The normalized spacial score (nSPS) is 11.6. The molecule has 0 aromatic heterocycles. The van der Waals surface area contributed by atoms with Crippen LogP contribution in [0.5, 0.6) is 5.75 Å². The first-order valence-electron chi connectivity index (χ1n) is 12.7. The van der Waals surface area contributed by atoms with Crippen molar-refractivity contribution in [1.82, 2.24) is 10.2 Å². The Balaban J connectivity index is 1.91. The maximum Gasteiger partial charge on any atom is 0.261 e. The van der Waals surface area contributed by atoms with Gasteiger partial charge in [-0.3, -0.25) is 9.59 Å². The number of rotatable bonds is 11. The summed E-state index contributed by atoms with van der Waals surface area (Å²) in [5, 5.41) is 3.01. The lowest BCUT2D eigenvalue weighted by molar-refractivity contribution is -0.142. The fraction of sp³-hybridized carbons (Fsp3) is 0.355. The van der Waals surface area contributed by atoms with E-state index in [9.17, 15) is 9.59 Å². The molecule has 5 heteroatoms. The van der Waals surface area contributed by atoms with Gasteiger partial charge < -0.3 is 15.0 Å². The topological polar surface area (TPSA) is 58.6 Å². The van der Waals surface area contributed by atoms with E-state index in [0.717, 1.165) is 39.8 Å². The van der Waals surface area contributed by atoms with Crippen molar-refractivity contribution < 1.29 is 14.3 Å². The number of hydrogen-bond acceptors (Lipinski definition) is 3. The molecule has 3 rings (SSSR count). The number of carbonyl (C=O) groups is 2. The van der Waals surface area contributed by atoms with Crippen LogP contribution in [-0.2, 0) is 22.6 Å². The molecule has 190 valence electrons. The molecule has 0 aliphatic carbocycles. The van der Waals surface area contributed by atoms with E-state index >= 15 is 0 Å². The summed E-state index contributed by atoms with van der Waals surface area (Å²) in [7, 11) is 0. The number of ether oxygens (including phenoxy) is 1. The summed E-state index contributed by atoms with van der Waals surface area (Å²) < 4.78 is 6.04. The van der Waals surface area contributed by atoms with Crippen LogP contribution in [0.2, 0.25) is 0 Å². The van der Waals surface area contributed by atoms with Gasteiger partial charge >= 0.3 is 0 Å². The molecule has 3 aromatic rings. The van der Waals surface area contributed by atoms with Crippen molar-refractivity contribution in [3.63, 3.8) is 0 Å². The lowest BCUT2D eigenvalue weighted by Gasteiger charge is -2.31. The van der Waals surface area contributed by atoms with Gasteiger partial charge in [-0.1, -0.05) is 73.2 Å². The maximum absolute atomic E-state index is 13.7. The number of aryl methyl sites for hydroxylation is 3. The molecule has 0 radical (unpaired) electrons. The third-order valence-electron chi connectivity index (χ3n) is 6.41. The van der Waals surface area contributed by atoms with Gasteiger partial charge in [-0.25, -0.2) is 0 Å². The summed E-state index contributed by atoms with van der Waals surface area (Å²) >= 11 is 0. The highest BCUT2D eigenvalue weighted by Crippen LogP contribution is 2.24. The summed E-state index contributed by atoms with van der Waals surface area (Å²) in [6, 6.07) is 21.3. The summed E-state index contributed by atoms with van der Waals surface area (Å²) in [6.45, 7) is 10.8. The molecule has 5 nitrogen and oxygen atoms in total. The van der Waals surface area contributed by atoms with Crippen LogP contribution in [0, 0.1) is 27.7 Å². The average molecular weight is 487 g/mol. The van der Waals surface area contributed by atoms with Gasteiger partial charge in [-0.05, 0) is 68.0 Å². The molecule has 0 aliphatic heterocycles. The van der Waals surface area contributed by atoms with Crippen molar-refractivity contribution in [3.8, 4) is 5.75 Å². The van der Waals surface area contributed by atoms with E-state index < -0.39 is 6.04 Å². The summed E-state index contributed by atoms with van der Waals surface area (Å²) in [5.41, 5.74) is 6.33. The molecule has 0 bridgehead atoms. The van der Waals surface area contributed by atoms with Crippen LogP contribution in [0.15, 0.2) is 66.7 Å². The largest absolute Gasteiger partial charge is 0.483 e. The standard InChI is InChI=1S/C31H38N2O3/c1-6-16-32-31(35)28(19-26-10-8-7-9-11-26)33(20-27-14-12-22(2)13-15-27)30(34)21-36-29-18-23(3)17-24(4)25(29)5/h7-15,17-18,28H,6,16,19-21H2,1-5H3,(H,32,35)/t28-/m1/s1. The predicted octanol–water partition coefficient (Wildman–Crippen LogP) is 5.47. The van der Waals surface area contributed by atoms with Crippen LogP contribution in [0.3, 0.4) is 0 Å². The highest BCUT2D eigenvalue weighted by molar-refractivity contribution is 5.88. The van der Waals surface area contributed by atoms with E-state index in [-0.39, 0.29) is 18.4 Å². The SMILES string of the molecule is CCCNC(=O)[C@@H](Cc1ccccc1)N(Cc1ccc(C)cc1)C(=O)COc1cc(C)cc(C)c1C. The van der Waals surface area contributed by atoms with E-state index in [1.165, 1.54) is 0 Å². The predicted molar refractivity (Wildman–Crippen MR) is 145 cm³/mol. The first-order chi connectivity index (χ1) is 17.3. The number of amides is 2. The average Bonchev–Trinajstić information content (AvgIpc) is 2.87. The van der Waals surface area contributed by atoms with Crippen LogP contribution >= 0.6 is 0 Å². The van der Waals surface area contributed by atoms with E-state index in [2.05, 4.69) is 11.4 Å². The van der Waals surface area contributed by atoms with E-state index in [1.807, 2.05) is 95.3 Å². The zero-order valence-corrected chi connectivity index (χ0v) is 22.1. The number of carbonyl (C=O) groups excluding carboxylic acids is 2. The van der Waals surface area contributed by atoms with Crippen molar-refractivity contribution >= 4 is 11.8 Å². The van der Waals surface area contributed by atoms with Gasteiger partial charge in [-0.2, -0.15) is 0 Å². The zero-order chi connectivity index (χ0) is 26.1. The maximum atomic E-state index is 13.7. The molecule has 0 spiro atoms. The number of hydrogen-bond donors (Lipinski definition) is 1. The summed E-state index contributed by atoms with van der Waals surface area (Å²) in [6.07, 6.45) is 1.25. The second-order valence-corrected chi connectivity index (χ2v) is 9.50. The highest BCUT2D eigenvalue weighted by atomic mass is 16.5. The molecule has 0 unspecified atom stereocenters. The smallest absolute Gasteiger partial charge is 0.261 e. The first kappa shape index (κ1) is 27.0. The summed E-state index contributed by atoms with van der Waals surface area (Å²) in [5.74, 6) is 0.330. The molecule has 0 heterocycles. The second-order valence-electron chi connectivity index (χ2n) is 9.50. The molecular formula is C31H38N2O3. The van der Waals surface area contributed by atoms with Crippen LogP contribution in [0.4, 0.5) is 0 Å². The molecule has 0 saturated heterocycles. The monoisotopic (exact) mass is 486 g/mol. The Morgan fingerprint density at radius 1 is 0.889 bits per heavy atom. The van der Waals surface area contributed by atoms with Gasteiger partial charge in [0.2, 0.25) is 5.91 Å². The molecule has 1 atom stereocenters. The van der Waals surface area contributed by atoms with Crippen LogP contribution < -0.4 is 10.1 Å². The molecule has 3 aromatic carbocycles. The third-order valence-corrected chi connectivity index (χ3v) is 6.41. The minimum Gasteiger partial charge on any atom is -0.483 e. The van der Waals surface area contributed by atoms with Crippen molar-refractivity contribution in [1.29, 1.82) is 0 Å². The van der Waals surface area contributed by atoms with Gasteiger partial charge in [-0.15, -0.1) is 0 Å². The van der Waals surface area contributed by atoms with E-state index in [4.69, 9.17) is 4.74 Å². The van der Waals surface area contributed by atoms with Gasteiger partial charge in [0.05, 0.1) is 0 Å². The minimum absolute atomic E-state index is 0.137. The minimum atomic E-state index is -0.656. The Labute approximate surface area is 215 Å². The molecule has 0 aliphatic rings. The van der Waals surface area contributed by atoms with E-state index in [0.29, 0.717) is 25.3 Å². The Kier molecular flexibility index (Phi) is 9.69. The number of nitrogens with zero attached hydrogens (tertiary/aromatic N) is 1. The van der Waals surface area contributed by atoms with Gasteiger partial charge in [0.25, 0.3) is 5.91 Å². The van der Waals surface area contributed by atoms with Crippen LogP contribution in [0.25, 0.3) is 0 Å². The fourth-order valence-electron chi connectivity index (χ4n) is 4.18. The Hall–Kier alpha value is -3.60. The molecule has 0 fully saturated rings. The molecule has 0 saturated carbocycles. The number of nitrogens with one attached hydrogen (secondary N) is 1. The molecule has 1 N–H and O–H groups in total. The first-order valence-corrected chi connectivity index (χ1v) is 12.7. The van der Waals surface area contributed by atoms with Crippen molar-refractivity contribution in [3.05, 3.63) is 100 Å². The van der Waals surface area contributed by atoms with Gasteiger partial charge in [0.15, 0.2) is 6.61 Å².